The summed E-state index contributed by atoms with van der Waals surface area (Å²) in [6.45, 7) is 3.47. The third-order valence-corrected chi connectivity index (χ3v) is 6.22. The van der Waals surface area contributed by atoms with E-state index >= 15 is 0 Å². The number of nitrogens with zero attached hydrogens (tertiary/aromatic N) is 2. The van der Waals surface area contributed by atoms with Crippen LogP contribution in [0.4, 0.5) is 0 Å². The second-order valence-corrected chi connectivity index (χ2v) is 9.01. The SMILES string of the molecule is CCOC(=O)C(O)(CC(C)NC(=O)c1cc(-c2ccccn2)n[nH]1)c1ccc(-c2ccccc2Cl)cc1. The second kappa shape index (κ2) is 11.4. The first kappa shape index (κ1) is 26.1. The van der Waals surface area contributed by atoms with Gasteiger partial charge in [-0.15, -0.1) is 0 Å². The molecule has 0 radical (unpaired) electrons. The number of carbonyl (C=O) groups is 2. The maximum absolute atomic E-state index is 12.9. The third kappa shape index (κ3) is 5.87. The Balaban J connectivity index is 1.52. The van der Waals surface area contributed by atoms with E-state index in [0.29, 0.717) is 22.0 Å². The highest BCUT2D eigenvalue weighted by molar-refractivity contribution is 6.33. The van der Waals surface area contributed by atoms with Crippen LogP contribution in [0.3, 0.4) is 0 Å². The van der Waals surface area contributed by atoms with Gasteiger partial charge < -0.3 is 15.2 Å². The molecule has 4 aromatic rings. The molecule has 0 saturated carbocycles. The molecule has 0 aliphatic rings. The predicted octanol–water partition coefficient (Wildman–Crippen LogP) is 4.75. The van der Waals surface area contributed by atoms with Crippen molar-refractivity contribution in [1.29, 1.82) is 0 Å². The number of aliphatic hydroxyl groups is 1. The summed E-state index contributed by atoms with van der Waals surface area (Å²) in [6.07, 6.45) is 1.54. The van der Waals surface area contributed by atoms with E-state index in [2.05, 4.69) is 20.5 Å². The standard InChI is InChI=1S/C28H27ClN4O4/c1-3-37-27(35)28(36,20-13-11-19(12-14-20)21-8-4-5-9-22(21)29)17-18(2)31-26(34)25-16-24(32-33-25)23-10-6-7-15-30-23/h4-16,18,36H,3,17H2,1-2H3,(H,31,34)(H,32,33). The number of aromatic amines is 1. The van der Waals surface area contributed by atoms with Gasteiger partial charge in [0.2, 0.25) is 0 Å². The van der Waals surface area contributed by atoms with Crippen LogP contribution in [-0.4, -0.2) is 44.8 Å². The normalized spacial score (nSPS) is 13.4. The molecule has 2 aromatic carbocycles. The third-order valence-electron chi connectivity index (χ3n) is 5.89. The largest absolute Gasteiger partial charge is 0.464 e. The summed E-state index contributed by atoms with van der Waals surface area (Å²) in [5, 5.41) is 21.8. The average molecular weight is 519 g/mol. The van der Waals surface area contributed by atoms with E-state index in [0.717, 1.165) is 11.1 Å². The molecule has 0 fully saturated rings. The van der Waals surface area contributed by atoms with Gasteiger partial charge in [-0.05, 0) is 49.2 Å². The number of H-pyrrole nitrogens is 1. The summed E-state index contributed by atoms with van der Waals surface area (Å²) in [5.41, 5.74) is 1.43. The van der Waals surface area contributed by atoms with Gasteiger partial charge in [-0.3, -0.25) is 14.9 Å². The number of nitrogens with one attached hydrogen (secondary N) is 2. The van der Waals surface area contributed by atoms with Crippen molar-refractivity contribution in [2.45, 2.75) is 31.9 Å². The number of pyridine rings is 1. The smallest absolute Gasteiger partial charge is 0.342 e. The lowest BCUT2D eigenvalue weighted by molar-refractivity contribution is -0.167. The molecule has 4 rings (SSSR count). The first-order valence-corrected chi connectivity index (χ1v) is 12.2. The minimum atomic E-state index is -1.98. The van der Waals surface area contributed by atoms with E-state index < -0.39 is 23.5 Å². The summed E-state index contributed by atoms with van der Waals surface area (Å²) >= 11 is 6.31. The van der Waals surface area contributed by atoms with Crippen LogP contribution in [0.15, 0.2) is 79.0 Å². The van der Waals surface area contributed by atoms with Gasteiger partial charge in [0.15, 0.2) is 5.60 Å². The van der Waals surface area contributed by atoms with E-state index in [-0.39, 0.29) is 18.7 Å². The molecule has 0 aliphatic carbocycles. The minimum Gasteiger partial charge on any atom is -0.464 e. The lowest BCUT2D eigenvalue weighted by Gasteiger charge is -2.29. The number of amides is 1. The van der Waals surface area contributed by atoms with Crippen LogP contribution < -0.4 is 5.32 Å². The van der Waals surface area contributed by atoms with Crippen LogP contribution in [0.5, 0.6) is 0 Å². The zero-order valence-electron chi connectivity index (χ0n) is 20.4. The van der Waals surface area contributed by atoms with Crippen LogP contribution in [0.2, 0.25) is 5.02 Å². The fourth-order valence-electron chi connectivity index (χ4n) is 4.07. The van der Waals surface area contributed by atoms with Crippen molar-refractivity contribution in [1.82, 2.24) is 20.5 Å². The lowest BCUT2D eigenvalue weighted by Crippen LogP contribution is -2.44. The number of benzene rings is 2. The maximum Gasteiger partial charge on any atom is 0.342 e. The average Bonchev–Trinajstić information content (AvgIpc) is 3.40. The zero-order chi connectivity index (χ0) is 26.4. The van der Waals surface area contributed by atoms with Crippen molar-refractivity contribution in [2.75, 3.05) is 6.61 Å². The molecule has 2 unspecified atom stereocenters. The van der Waals surface area contributed by atoms with Gasteiger partial charge in [0, 0.05) is 29.2 Å². The number of ether oxygens (including phenoxy) is 1. The number of carbonyl (C=O) groups excluding carboxylic acids is 2. The highest BCUT2D eigenvalue weighted by Crippen LogP contribution is 2.33. The summed E-state index contributed by atoms with van der Waals surface area (Å²) in [5.74, 6) is -1.22. The predicted molar refractivity (Wildman–Crippen MR) is 141 cm³/mol. The van der Waals surface area contributed by atoms with E-state index in [1.54, 1.807) is 68.6 Å². The Morgan fingerprint density at radius 3 is 2.49 bits per heavy atom. The molecule has 3 N–H and O–H groups in total. The monoisotopic (exact) mass is 518 g/mol. The van der Waals surface area contributed by atoms with Crippen molar-refractivity contribution in [3.63, 3.8) is 0 Å². The molecule has 8 nitrogen and oxygen atoms in total. The van der Waals surface area contributed by atoms with Gasteiger partial charge in [0.25, 0.3) is 5.91 Å². The summed E-state index contributed by atoms with van der Waals surface area (Å²) in [6, 6.07) is 20.7. The second-order valence-electron chi connectivity index (χ2n) is 8.60. The molecule has 2 heterocycles. The highest BCUT2D eigenvalue weighted by Gasteiger charge is 2.41. The Bertz CT molecular complexity index is 1370. The summed E-state index contributed by atoms with van der Waals surface area (Å²) in [4.78, 5) is 30.0. The number of halogens is 1. The molecule has 1 amide bonds. The van der Waals surface area contributed by atoms with Gasteiger partial charge in [0.1, 0.15) is 11.4 Å². The Kier molecular flexibility index (Phi) is 8.01. The topological polar surface area (TPSA) is 117 Å². The molecular formula is C28H27ClN4O4. The molecular weight excluding hydrogens is 492 g/mol. The van der Waals surface area contributed by atoms with Crippen LogP contribution in [0.1, 0.15) is 36.3 Å². The molecule has 9 heteroatoms. The van der Waals surface area contributed by atoms with Gasteiger partial charge in [-0.2, -0.15) is 5.10 Å². The molecule has 0 aliphatic heterocycles. The zero-order valence-corrected chi connectivity index (χ0v) is 21.2. The quantitative estimate of drug-likeness (QED) is 0.275. The van der Waals surface area contributed by atoms with Gasteiger partial charge >= 0.3 is 5.97 Å². The molecule has 190 valence electrons. The first-order valence-electron chi connectivity index (χ1n) is 11.8. The maximum atomic E-state index is 12.9. The van der Waals surface area contributed by atoms with Crippen molar-refractivity contribution in [3.05, 3.63) is 95.3 Å². The molecule has 0 saturated heterocycles. The van der Waals surface area contributed by atoms with E-state index in [4.69, 9.17) is 16.3 Å². The summed E-state index contributed by atoms with van der Waals surface area (Å²) < 4.78 is 5.19. The van der Waals surface area contributed by atoms with Crippen molar-refractivity contribution in [2.24, 2.45) is 0 Å². The van der Waals surface area contributed by atoms with Crippen molar-refractivity contribution in [3.8, 4) is 22.5 Å². The fourth-order valence-corrected chi connectivity index (χ4v) is 4.31. The van der Waals surface area contributed by atoms with Gasteiger partial charge in [-0.25, -0.2) is 4.79 Å². The highest BCUT2D eigenvalue weighted by atomic mass is 35.5. The van der Waals surface area contributed by atoms with Crippen LogP contribution in [-0.2, 0) is 15.1 Å². The van der Waals surface area contributed by atoms with Crippen LogP contribution >= 0.6 is 11.6 Å². The van der Waals surface area contributed by atoms with Crippen molar-refractivity contribution < 1.29 is 19.4 Å². The summed E-state index contributed by atoms with van der Waals surface area (Å²) in [7, 11) is 0. The van der Waals surface area contributed by atoms with E-state index in [9.17, 15) is 14.7 Å². The molecule has 2 aromatic heterocycles. The van der Waals surface area contributed by atoms with Crippen molar-refractivity contribution >= 4 is 23.5 Å². The fraction of sp³-hybridized carbons (Fsp3) is 0.214. The van der Waals surface area contributed by atoms with E-state index in [1.807, 2.05) is 24.3 Å². The molecule has 0 spiro atoms. The number of hydrogen-bond donors (Lipinski definition) is 3. The number of rotatable bonds is 9. The van der Waals surface area contributed by atoms with Gasteiger partial charge in [-0.1, -0.05) is 60.1 Å². The first-order chi connectivity index (χ1) is 17.8. The van der Waals surface area contributed by atoms with Crippen LogP contribution in [0.25, 0.3) is 22.5 Å². The molecule has 37 heavy (non-hydrogen) atoms. The number of esters is 1. The number of hydrogen-bond acceptors (Lipinski definition) is 6. The van der Waals surface area contributed by atoms with Crippen LogP contribution in [0, 0.1) is 0 Å². The van der Waals surface area contributed by atoms with E-state index in [1.165, 1.54) is 0 Å². The Morgan fingerprint density at radius 2 is 1.81 bits per heavy atom. The lowest BCUT2D eigenvalue weighted by atomic mass is 9.86. The molecule has 2 atom stereocenters. The Morgan fingerprint density at radius 1 is 1.08 bits per heavy atom. The molecule has 0 bridgehead atoms. The number of aromatic nitrogens is 3. The minimum absolute atomic E-state index is 0.101. The Labute approximate surface area is 219 Å². The van der Waals surface area contributed by atoms with Gasteiger partial charge in [0.05, 0.1) is 12.3 Å². The Hall–Kier alpha value is -4.01.